The van der Waals surface area contributed by atoms with Crippen molar-refractivity contribution in [1.82, 2.24) is 10.2 Å². The van der Waals surface area contributed by atoms with Gasteiger partial charge in [-0.25, -0.2) is 8.78 Å². The molecule has 3 aromatic rings. The van der Waals surface area contributed by atoms with E-state index in [1.54, 1.807) is 19.1 Å². The number of benzene rings is 2. The van der Waals surface area contributed by atoms with Crippen molar-refractivity contribution in [3.8, 4) is 28.4 Å². The molecule has 0 atom stereocenters. The summed E-state index contributed by atoms with van der Waals surface area (Å²) < 4.78 is 42.9. The predicted molar refractivity (Wildman–Crippen MR) is 103 cm³/mol. The lowest BCUT2D eigenvalue weighted by Crippen LogP contribution is -2.13. The molecule has 7 nitrogen and oxygen atoms in total. The van der Waals surface area contributed by atoms with Gasteiger partial charge in [0.15, 0.2) is 17.3 Å². The first-order valence-corrected chi connectivity index (χ1v) is 8.50. The molecule has 0 unspecified atom stereocenters. The molecule has 0 aliphatic carbocycles. The molecule has 29 heavy (non-hydrogen) atoms. The molecular weight excluding hydrogens is 384 g/mol. The molecule has 0 saturated heterocycles. The van der Waals surface area contributed by atoms with E-state index in [-0.39, 0.29) is 11.4 Å². The molecule has 0 saturated carbocycles. The molecular formula is C20H19F2N3O4. The molecule has 0 aliphatic rings. The lowest BCUT2D eigenvalue weighted by molar-refractivity contribution is 0.102. The molecule has 0 bridgehead atoms. The zero-order valence-corrected chi connectivity index (χ0v) is 16.2. The number of hydrogen-bond donors (Lipinski definition) is 2. The van der Waals surface area contributed by atoms with Crippen LogP contribution in [0, 0.1) is 18.6 Å². The number of carbonyl (C=O) groups is 1. The number of aromatic amines is 1. The van der Waals surface area contributed by atoms with E-state index in [0.29, 0.717) is 40.1 Å². The van der Waals surface area contributed by atoms with Gasteiger partial charge in [-0.05, 0) is 36.8 Å². The Kier molecular flexibility index (Phi) is 5.67. The minimum absolute atomic E-state index is 0.168. The molecule has 0 radical (unpaired) electrons. The van der Waals surface area contributed by atoms with Crippen molar-refractivity contribution in [3.05, 3.63) is 53.2 Å². The summed E-state index contributed by atoms with van der Waals surface area (Å²) >= 11 is 0. The van der Waals surface area contributed by atoms with E-state index >= 15 is 0 Å². The normalized spacial score (nSPS) is 10.6. The van der Waals surface area contributed by atoms with Crippen molar-refractivity contribution >= 4 is 11.7 Å². The summed E-state index contributed by atoms with van der Waals surface area (Å²) in [6.07, 6.45) is 0. The molecule has 0 fully saturated rings. The second-order valence-electron chi connectivity index (χ2n) is 6.10. The summed E-state index contributed by atoms with van der Waals surface area (Å²) in [7, 11) is 4.47. The van der Waals surface area contributed by atoms with Gasteiger partial charge in [0.2, 0.25) is 5.75 Å². The van der Waals surface area contributed by atoms with Crippen molar-refractivity contribution < 1.29 is 27.8 Å². The Morgan fingerprint density at radius 1 is 0.966 bits per heavy atom. The summed E-state index contributed by atoms with van der Waals surface area (Å²) in [6, 6.07) is 5.98. The molecule has 0 spiro atoms. The maximum atomic E-state index is 13.4. The maximum absolute atomic E-state index is 13.4. The molecule has 1 amide bonds. The van der Waals surface area contributed by atoms with Gasteiger partial charge in [0.1, 0.15) is 11.6 Å². The number of ether oxygens (including phenoxy) is 3. The smallest absolute Gasteiger partial charge is 0.257 e. The van der Waals surface area contributed by atoms with Gasteiger partial charge in [0.05, 0.1) is 21.3 Å². The van der Waals surface area contributed by atoms with Crippen LogP contribution in [0.2, 0.25) is 0 Å². The number of nitrogens with zero attached hydrogens (tertiary/aromatic N) is 1. The first-order valence-electron chi connectivity index (χ1n) is 8.50. The molecule has 2 N–H and O–H groups in total. The number of halogens is 2. The van der Waals surface area contributed by atoms with Crippen LogP contribution in [0.15, 0.2) is 30.3 Å². The zero-order chi connectivity index (χ0) is 21.1. The van der Waals surface area contributed by atoms with E-state index in [0.717, 1.165) is 12.1 Å². The van der Waals surface area contributed by atoms with E-state index in [1.165, 1.54) is 21.3 Å². The number of H-pyrrole nitrogens is 1. The summed E-state index contributed by atoms with van der Waals surface area (Å²) in [5, 5.41) is 9.47. The standard InChI is InChI=1S/C20H19F2N3O4/c1-10-17(11-7-15(27-2)18(29-4)16(8-11)28-3)19(25-24-10)23-20(26)12-5-13(21)9-14(22)6-12/h5-9H,1-4H3,(H2,23,24,25,26). The minimum atomic E-state index is -0.849. The van der Waals surface area contributed by atoms with Crippen LogP contribution < -0.4 is 19.5 Å². The highest BCUT2D eigenvalue weighted by Gasteiger charge is 2.21. The number of methoxy groups -OCH3 is 3. The summed E-state index contributed by atoms with van der Waals surface area (Å²) in [5.41, 5.74) is 1.68. The average molecular weight is 403 g/mol. The van der Waals surface area contributed by atoms with Crippen LogP contribution in [0.5, 0.6) is 17.2 Å². The second kappa shape index (κ2) is 8.17. The predicted octanol–water partition coefficient (Wildman–Crippen LogP) is 3.94. The van der Waals surface area contributed by atoms with Gasteiger partial charge in [-0.3, -0.25) is 9.89 Å². The third-order valence-electron chi connectivity index (χ3n) is 4.26. The van der Waals surface area contributed by atoms with E-state index in [2.05, 4.69) is 15.5 Å². The van der Waals surface area contributed by atoms with Crippen LogP contribution in [0.1, 0.15) is 16.1 Å². The third-order valence-corrected chi connectivity index (χ3v) is 4.26. The monoisotopic (exact) mass is 403 g/mol. The molecule has 1 aromatic heterocycles. The number of nitrogens with one attached hydrogen (secondary N) is 2. The number of rotatable bonds is 6. The Morgan fingerprint density at radius 3 is 2.07 bits per heavy atom. The van der Waals surface area contributed by atoms with Crippen LogP contribution in [-0.4, -0.2) is 37.4 Å². The summed E-state index contributed by atoms with van der Waals surface area (Å²) in [5.74, 6) is -0.953. The van der Waals surface area contributed by atoms with Crippen LogP contribution in [0.3, 0.4) is 0 Å². The fourth-order valence-corrected chi connectivity index (χ4v) is 2.96. The second-order valence-corrected chi connectivity index (χ2v) is 6.10. The van der Waals surface area contributed by atoms with E-state index in [1.807, 2.05) is 0 Å². The molecule has 2 aromatic carbocycles. The molecule has 3 rings (SSSR count). The Balaban J connectivity index is 2.03. The number of amides is 1. The maximum Gasteiger partial charge on any atom is 0.257 e. The highest BCUT2D eigenvalue weighted by molar-refractivity contribution is 6.05. The SMILES string of the molecule is COc1cc(-c2c(NC(=O)c3cc(F)cc(F)c3)n[nH]c2C)cc(OC)c1OC. The van der Waals surface area contributed by atoms with Crippen molar-refractivity contribution in [3.63, 3.8) is 0 Å². The van der Waals surface area contributed by atoms with Gasteiger partial charge in [-0.2, -0.15) is 5.10 Å². The molecule has 1 heterocycles. The van der Waals surface area contributed by atoms with Crippen LogP contribution in [-0.2, 0) is 0 Å². The lowest BCUT2D eigenvalue weighted by atomic mass is 10.0. The molecule has 152 valence electrons. The van der Waals surface area contributed by atoms with E-state index < -0.39 is 17.5 Å². The summed E-state index contributed by atoms with van der Waals surface area (Å²) in [4.78, 5) is 12.5. The number of aromatic nitrogens is 2. The average Bonchev–Trinajstić information content (AvgIpc) is 3.05. The Bertz CT molecular complexity index is 1020. The van der Waals surface area contributed by atoms with Gasteiger partial charge in [-0.15, -0.1) is 0 Å². The van der Waals surface area contributed by atoms with Gasteiger partial charge in [-0.1, -0.05) is 0 Å². The fraction of sp³-hybridized carbons (Fsp3) is 0.200. The third kappa shape index (κ3) is 3.98. The van der Waals surface area contributed by atoms with Gasteiger partial charge < -0.3 is 19.5 Å². The number of carbonyl (C=O) groups excluding carboxylic acids is 1. The van der Waals surface area contributed by atoms with Crippen molar-refractivity contribution in [2.75, 3.05) is 26.6 Å². The molecule has 0 aliphatic heterocycles. The zero-order valence-electron chi connectivity index (χ0n) is 16.2. The van der Waals surface area contributed by atoms with Gasteiger partial charge >= 0.3 is 0 Å². The van der Waals surface area contributed by atoms with Crippen LogP contribution in [0.25, 0.3) is 11.1 Å². The first kappa shape index (κ1) is 20.1. The van der Waals surface area contributed by atoms with Crippen LogP contribution >= 0.6 is 0 Å². The number of hydrogen-bond acceptors (Lipinski definition) is 5. The van der Waals surface area contributed by atoms with Crippen molar-refractivity contribution in [2.45, 2.75) is 6.92 Å². The summed E-state index contributed by atoms with van der Waals surface area (Å²) in [6.45, 7) is 1.77. The Labute approximate surface area is 165 Å². The largest absolute Gasteiger partial charge is 0.493 e. The quantitative estimate of drug-likeness (QED) is 0.651. The van der Waals surface area contributed by atoms with E-state index in [9.17, 15) is 13.6 Å². The van der Waals surface area contributed by atoms with E-state index in [4.69, 9.17) is 14.2 Å². The topological polar surface area (TPSA) is 85.5 Å². The fourth-order valence-electron chi connectivity index (χ4n) is 2.96. The van der Waals surface area contributed by atoms with Crippen molar-refractivity contribution in [1.29, 1.82) is 0 Å². The Morgan fingerprint density at radius 2 is 1.55 bits per heavy atom. The number of aryl methyl sites for hydroxylation is 1. The van der Waals surface area contributed by atoms with Crippen molar-refractivity contribution in [2.24, 2.45) is 0 Å². The number of anilines is 1. The Hall–Kier alpha value is -3.62. The minimum Gasteiger partial charge on any atom is -0.493 e. The highest BCUT2D eigenvalue weighted by atomic mass is 19.1. The first-order chi connectivity index (χ1) is 13.9. The van der Waals surface area contributed by atoms with Crippen LogP contribution in [0.4, 0.5) is 14.6 Å². The van der Waals surface area contributed by atoms with Gasteiger partial charge in [0, 0.05) is 22.9 Å². The molecule has 9 heteroatoms. The lowest BCUT2D eigenvalue weighted by Gasteiger charge is -2.15. The van der Waals surface area contributed by atoms with Gasteiger partial charge in [0.25, 0.3) is 5.91 Å². The highest BCUT2D eigenvalue weighted by Crippen LogP contribution is 2.43.